The van der Waals surface area contributed by atoms with E-state index in [1.807, 2.05) is 0 Å². The van der Waals surface area contributed by atoms with Crippen molar-refractivity contribution in [1.82, 2.24) is 0 Å². The first-order chi connectivity index (χ1) is 16.1. The number of ether oxygens (including phenoxy) is 2. The zero-order valence-electron chi connectivity index (χ0n) is 24.2. The van der Waals surface area contributed by atoms with Gasteiger partial charge in [-0.1, -0.05) is 72.6 Å². The van der Waals surface area contributed by atoms with Crippen LogP contribution in [0.15, 0.2) is 0 Å². The highest BCUT2D eigenvalue weighted by molar-refractivity contribution is 5.85. The molecular weight excluding hydrogens is 454 g/mol. The zero-order chi connectivity index (χ0) is 25.3. The van der Waals surface area contributed by atoms with Crippen molar-refractivity contribution in [3.8, 4) is 11.5 Å². The molecule has 3 nitrogen and oxygen atoms in total. The van der Waals surface area contributed by atoms with E-state index < -0.39 is 0 Å². The van der Waals surface area contributed by atoms with E-state index in [-0.39, 0.29) is 18.0 Å². The number of benzene rings is 1. The van der Waals surface area contributed by atoms with Crippen molar-refractivity contribution in [2.24, 2.45) is 23.5 Å². The van der Waals surface area contributed by atoms with Gasteiger partial charge in [0, 0.05) is 12.1 Å². The molecule has 0 aromatic heterocycles. The van der Waals surface area contributed by atoms with Crippen LogP contribution in [0.5, 0.6) is 11.5 Å². The number of hydrogen-bond acceptors (Lipinski definition) is 3. The molecule has 1 aromatic rings. The second-order valence-electron chi connectivity index (χ2n) is 12.1. The molecule has 1 aliphatic rings. The summed E-state index contributed by atoms with van der Waals surface area (Å²) < 4.78 is 12.7. The van der Waals surface area contributed by atoms with E-state index in [2.05, 4.69) is 55.4 Å². The minimum atomic E-state index is -0.0546. The van der Waals surface area contributed by atoms with E-state index in [0.717, 1.165) is 48.5 Å². The van der Waals surface area contributed by atoms with Gasteiger partial charge in [0.2, 0.25) is 0 Å². The average Bonchev–Trinajstić information content (AvgIpc) is 2.77. The normalized spacial score (nSPS) is 19.0. The molecular formula is C31H56ClNO2. The first-order valence-corrected chi connectivity index (χ1v) is 14.2. The number of rotatable bonds is 15. The Morgan fingerprint density at radius 1 is 0.857 bits per heavy atom. The van der Waals surface area contributed by atoms with Gasteiger partial charge in [-0.25, -0.2) is 0 Å². The maximum atomic E-state index is 6.74. The van der Waals surface area contributed by atoms with Crippen LogP contribution in [-0.2, 0) is 6.42 Å². The van der Waals surface area contributed by atoms with Crippen LogP contribution < -0.4 is 15.2 Å². The fourth-order valence-corrected chi connectivity index (χ4v) is 5.64. The monoisotopic (exact) mass is 509 g/mol. The van der Waals surface area contributed by atoms with E-state index in [1.165, 1.54) is 73.6 Å². The van der Waals surface area contributed by atoms with Crippen molar-refractivity contribution >= 4 is 12.4 Å². The highest BCUT2D eigenvalue weighted by Crippen LogP contribution is 2.45. The topological polar surface area (TPSA) is 44.5 Å². The lowest BCUT2D eigenvalue weighted by Crippen LogP contribution is -2.37. The molecule has 1 heterocycles. The van der Waals surface area contributed by atoms with Crippen molar-refractivity contribution in [3.05, 3.63) is 22.3 Å². The smallest absolute Gasteiger partial charge is 0.127 e. The van der Waals surface area contributed by atoms with Crippen LogP contribution in [0.1, 0.15) is 121 Å². The standard InChI is InChI=1S/C31H55NO2.ClH/c1-22(2)12-9-13-23(3)14-10-15-24(4)16-11-18-31(8)19-17-28-27(7)29(33-21-20-32)25(5)26(6)30(28)34-31;/h22-24H,9-21,32H2,1-8H3;1H. The zero-order valence-corrected chi connectivity index (χ0v) is 25.0. The third-order valence-electron chi connectivity index (χ3n) is 8.20. The second kappa shape index (κ2) is 15.4. The lowest BCUT2D eigenvalue weighted by molar-refractivity contribution is 0.0511. The molecule has 3 atom stereocenters. The van der Waals surface area contributed by atoms with E-state index in [1.54, 1.807) is 0 Å². The molecule has 0 spiro atoms. The first-order valence-electron chi connectivity index (χ1n) is 14.2. The molecule has 204 valence electrons. The van der Waals surface area contributed by atoms with Gasteiger partial charge >= 0.3 is 0 Å². The Labute approximate surface area is 223 Å². The lowest BCUT2D eigenvalue weighted by atomic mass is 9.83. The minimum Gasteiger partial charge on any atom is -0.492 e. The molecule has 0 amide bonds. The van der Waals surface area contributed by atoms with E-state index in [4.69, 9.17) is 15.2 Å². The van der Waals surface area contributed by atoms with Gasteiger partial charge in [0.1, 0.15) is 23.7 Å². The molecule has 2 rings (SSSR count). The van der Waals surface area contributed by atoms with E-state index in [0.29, 0.717) is 13.2 Å². The van der Waals surface area contributed by atoms with Gasteiger partial charge in [0.25, 0.3) is 0 Å². The number of hydrogen-bond donors (Lipinski definition) is 1. The van der Waals surface area contributed by atoms with Gasteiger partial charge < -0.3 is 15.2 Å². The van der Waals surface area contributed by atoms with Crippen molar-refractivity contribution < 1.29 is 9.47 Å². The first kappa shape index (κ1) is 32.1. The number of nitrogens with two attached hydrogens (primary N) is 1. The Hall–Kier alpha value is -0.930. The molecule has 1 aliphatic heterocycles. The summed E-state index contributed by atoms with van der Waals surface area (Å²) in [5, 5.41) is 0. The molecule has 0 aliphatic carbocycles. The Morgan fingerprint density at radius 2 is 1.43 bits per heavy atom. The van der Waals surface area contributed by atoms with Crippen LogP contribution in [0, 0.1) is 38.5 Å². The quantitative estimate of drug-likeness (QED) is 0.256. The van der Waals surface area contributed by atoms with Crippen molar-refractivity contribution in [2.75, 3.05) is 13.2 Å². The summed E-state index contributed by atoms with van der Waals surface area (Å²) in [5.41, 5.74) is 10.6. The highest BCUT2D eigenvalue weighted by Gasteiger charge is 2.34. The predicted octanol–water partition coefficient (Wildman–Crippen LogP) is 8.89. The molecule has 0 fully saturated rings. The molecule has 3 unspecified atom stereocenters. The summed E-state index contributed by atoms with van der Waals surface area (Å²) in [5.74, 6) is 4.67. The third kappa shape index (κ3) is 9.80. The van der Waals surface area contributed by atoms with Gasteiger partial charge in [-0.3, -0.25) is 0 Å². The summed E-state index contributed by atoms with van der Waals surface area (Å²) in [4.78, 5) is 0. The fraction of sp³-hybridized carbons (Fsp3) is 0.806. The SMILES string of the molecule is Cc1c(C)c2c(c(C)c1OCCN)CCC(C)(CCCC(C)CCCC(C)CCCC(C)C)O2.Cl. The molecule has 0 radical (unpaired) electrons. The Bertz CT molecular complexity index is 763. The minimum absolute atomic E-state index is 0. The molecule has 2 N–H and O–H groups in total. The molecule has 35 heavy (non-hydrogen) atoms. The summed E-state index contributed by atoms with van der Waals surface area (Å²) in [6.07, 6.45) is 14.2. The molecule has 4 heteroatoms. The average molecular weight is 510 g/mol. The van der Waals surface area contributed by atoms with Crippen molar-refractivity contribution in [3.63, 3.8) is 0 Å². The summed E-state index contributed by atoms with van der Waals surface area (Å²) >= 11 is 0. The second-order valence-corrected chi connectivity index (χ2v) is 12.1. The Morgan fingerprint density at radius 3 is 2.00 bits per heavy atom. The van der Waals surface area contributed by atoms with Crippen LogP contribution in [0.2, 0.25) is 0 Å². The maximum absolute atomic E-state index is 6.74. The van der Waals surface area contributed by atoms with Gasteiger partial charge in [0.05, 0.1) is 0 Å². The molecule has 0 bridgehead atoms. The van der Waals surface area contributed by atoms with Crippen LogP contribution in [0.3, 0.4) is 0 Å². The van der Waals surface area contributed by atoms with E-state index >= 15 is 0 Å². The van der Waals surface area contributed by atoms with E-state index in [9.17, 15) is 0 Å². The third-order valence-corrected chi connectivity index (χ3v) is 8.20. The largest absolute Gasteiger partial charge is 0.492 e. The number of fused-ring (bicyclic) bond motifs is 1. The maximum Gasteiger partial charge on any atom is 0.127 e. The van der Waals surface area contributed by atoms with Gasteiger partial charge in [-0.05, 0) is 87.8 Å². The summed E-state index contributed by atoms with van der Waals surface area (Å²) in [6.45, 7) is 19.5. The Kier molecular flexibility index (Phi) is 14.1. The predicted molar refractivity (Wildman–Crippen MR) is 155 cm³/mol. The van der Waals surface area contributed by atoms with Gasteiger partial charge in [0.15, 0.2) is 0 Å². The summed E-state index contributed by atoms with van der Waals surface area (Å²) in [7, 11) is 0. The van der Waals surface area contributed by atoms with Crippen molar-refractivity contribution in [1.29, 1.82) is 0 Å². The van der Waals surface area contributed by atoms with Crippen LogP contribution in [-0.4, -0.2) is 18.8 Å². The highest BCUT2D eigenvalue weighted by atomic mass is 35.5. The lowest BCUT2D eigenvalue weighted by Gasteiger charge is -2.38. The van der Waals surface area contributed by atoms with Crippen LogP contribution in [0.25, 0.3) is 0 Å². The Balaban J connectivity index is 0.00000612. The van der Waals surface area contributed by atoms with Crippen molar-refractivity contribution in [2.45, 2.75) is 132 Å². The molecule has 0 saturated heterocycles. The van der Waals surface area contributed by atoms with Crippen LogP contribution >= 0.6 is 12.4 Å². The van der Waals surface area contributed by atoms with Crippen LogP contribution in [0.4, 0.5) is 0 Å². The summed E-state index contributed by atoms with van der Waals surface area (Å²) in [6, 6.07) is 0. The molecule has 0 saturated carbocycles. The fourth-order valence-electron chi connectivity index (χ4n) is 5.64. The van der Waals surface area contributed by atoms with Gasteiger partial charge in [-0.2, -0.15) is 0 Å². The number of halogens is 1. The molecule has 1 aromatic carbocycles. The van der Waals surface area contributed by atoms with Gasteiger partial charge in [-0.15, -0.1) is 12.4 Å².